The number of aryl methyl sites for hydroxylation is 1. The van der Waals surface area contributed by atoms with E-state index in [2.05, 4.69) is 0 Å². The van der Waals surface area contributed by atoms with Crippen molar-refractivity contribution in [2.75, 3.05) is 0 Å². The molecule has 2 nitrogen and oxygen atoms in total. The summed E-state index contributed by atoms with van der Waals surface area (Å²) in [5, 5.41) is 9.65. The number of hydrogen-bond acceptors (Lipinski definition) is 2. The Bertz CT molecular complexity index is 731. The standard InChI is InChI=1S/C17H13F3O2/c1-11-7-13(8-14(10-21)16(11)22)6-5-12-3-2-4-15(9-12)17(18,19)20/h2-10,22H,1H3/b6-5+. The molecule has 0 aliphatic heterocycles. The Morgan fingerprint density at radius 2 is 1.73 bits per heavy atom. The van der Waals surface area contributed by atoms with Gasteiger partial charge in [-0.3, -0.25) is 4.79 Å². The van der Waals surface area contributed by atoms with Gasteiger partial charge in [-0.05, 0) is 47.9 Å². The maximum Gasteiger partial charge on any atom is 0.416 e. The molecule has 0 aliphatic rings. The van der Waals surface area contributed by atoms with Gasteiger partial charge in [0, 0.05) is 0 Å². The Morgan fingerprint density at radius 3 is 2.36 bits per heavy atom. The van der Waals surface area contributed by atoms with Crippen LogP contribution >= 0.6 is 0 Å². The molecule has 0 unspecified atom stereocenters. The number of halogens is 3. The first-order valence-corrected chi connectivity index (χ1v) is 6.45. The van der Waals surface area contributed by atoms with Gasteiger partial charge < -0.3 is 5.11 Å². The maximum atomic E-state index is 12.6. The van der Waals surface area contributed by atoms with E-state index in [1.165, 1.54) is 18.2 Å². The Kier molecular flexibility index (Phi) is 4.35. The van der Waals surface area contributed by atoms with Crippen molar-refractivity contribution < 1.29 is 23.1 Å². The number of phenols is 1. The molecule has 0 fully saturated rings. The van der Waals surface area contributed by atoms with Crippen molar-refractivity contribution in [1.29, 1.82) is 0 Å². The van der Waals surface area contributed by atoms with Crippen molar-refractivity contribution in [2.45, 2.75) is 13.1 Å². The third-order valence-corrected chi connectivity index (χ3v) is 3.16. The number of phenolic OH excluding ortho intramolecular Hbond substituents is 1. The zero-order chi connectivity index (χ0) is 16.3. The molecule has 0 spiro atoms. The van der Waals surface area contributed by atoms with Gasteiger partial charge in [0.2, 0.25) is 0 Å². The molecule has 0 aromatic heterocycles. The van der Waals surface area contributed by atoms with E-state index in [0.29, 0.717) is 23.0 Å². The summed E-state index contributed by atoms with van der Waals surface area (Å²) in [6.45, 7) is 1.64. The van der Waals surface area contributed by atoms with E-state index < -0.39 is 11.7 Å². The lowest BCUT2D eigenvalue weighted by molar-refractivity contribution is -0.137. The average Bonchev–Trinajstić information content (AvgIpc) is 2.47. The van der Waals surface area contributed by atoms with Gasteiger partial charge in [-0.2, -0.15) is 13.2 Å². The quantitative estimate of drug-likeness (QED) is 0.659. The number of aldehydes is 1. The van der Waals surface area contributed by atoms with Crippen molar-refractivity contribution >= 4 is 18.4 Å². The largest absolute Gasteiger partial charge is 0.507 e. The molecule has 0 bridgehead atoms. The normalized spacial score (nSPS) is 11.8. The predicted octanol–water partition coefficient (Wildman–Crippen LogP) is 4.70. The van der Waals surface area contributed by atoms with Crippen molar-refractivity contribution in [3.8, 4) is 5.75 Å². The highest BCUT2D eigenvalue weighted by molar-refractivity contribution is 5.83. The van der Waals surface area contributed by atoms with E-state index in [-0.39, 0.29) is 11.3 Å². The van der Waals surface area contributed by atoms with Gasteiger partial charge >= 0.3 is 6.18 Å². The van der Waals surface area contributed by atoms with Gasteiger partial charge in [0.05, 0.1) is 11.1 Å². The minimum atomic E-state index is -4.39. The fourth-order valence-electron chi connectivity index (χ4n) is 2.03. The van der Waals surface area contributed by atoms with Gasteiger partial charge in [0.15, 0.2) is 6.29 Å². The first-order valence-electron chi connectivity index (χ1n) is 6.45. The number of carbonyl (C=O) groups is 1. The van der Waals surface area contributed by atoms with Gasteiger partial charge in [-0.1, -0.05) is 24.3 Å². The highest BCUT2D eigenvalue weighted by Crippen LogP contribution is 2.30. The number of carbonyl (C=O) groups excluding carboxylic acids is 1. The number of rotatable bonds is 3. The molecule has 0 saturated heterocycles. The van der Waals surface area contributed by atoms with Gasteiger partial charge in [-0.15, -0.1) is 0 Å². The van der Waals surface area contributed by atoms with Crippen molar-refractivity contribution in [2.24, 2.45) is 0 Å². The number of hydrogen-bond donors (Lipinski definition) is 1. The molecule has 5 heteroatoms. The maximum absolute atomic E-state index is 12.6. The predicted molar refractivity (Wildman–Crippen MR) is 78.6 cm³/mol. The van der Waals surface area contributed by atoms with E-state index in [4.69, 9.17) is 0 Å². The third kappa shape index (κ3) is 3.55. The molecule has 1 N–H and O–H groups in total. The molecule has 2 aromatic rings. The summed E-state index contributed by atoms with van der Waals surface area (Å²) >= 11 is 0. The molecular weight excluding hydrogens is 293 g/mol. The Labute approximate surface area is 125 Å². The van der Waals surface area contributed by atoms with Crippen LogP contribution in [0, 0.1) is 6.92 Å². The van der Waals surface area contributed by atoms with Crippen LogP contribution in [0.25, 0.3) is 12.2 Å². The summed E-state index contributed by atoms with van der Waals surface area (Å²) in [5.41, 5.74) is 0.963. The lowest BCUT2D eigenvalue weighted by atomic mass is 10.0. The Balaban J connectivity index is 2.33. The van der Waals surface area contributed by atoms with Crippen LogP contribution in [0.4, 0.5) is 13.2 Å². The molecule has 0 heterocycles. The molecule has 2 aromatic carbocycles. The molecule has 0 radical (unpaired) electrons. The van der Waals surface area contributed by atoms with E-state index in [9.17, 15) is 23.1 Å². The smallest absolute Gasteiger partial charge is 0.416 e. The Morgan fingerprint density at radius 1 is 1.05 bits per heavy atom. The van der Waals surface area contributed by atoms with Crippen LogP contribution in [0.3, 0.4) is 0 Å². The topological polar surface area (TPSA) is 37.3 Å². The molecular formula is C17H13F3O2. The molecule has 0 amide bonds. The summed E-state index contributed by atoms with van der Waals surface area (Å²) in [5.74, 6) is -0.0915. The first-order chi connectivity index (χ1) is 10.3. The van der Waals surface area contributed by atoms with Crippen LogP contribution in [0.2, 0.25) is 0 Å². The minimum Gasteiger partial charge on any atom is -0.507 e. The van der Waals surface area contributed by atoms with E-state index >= 15 is 0 Å². The molecule has 2 rings (SSSR count). The Hall–Kier alpha value is -2.56. The second kappa shape index (κ2) is 6.05. The van der Waals surface area contributed by atoms with Gasteiger partial charge in [-0.25, -0.2) is 0 Å². The summed E-state index contributed by atoms with van der Waals surface area (Å²) in [7, 11) is 0. The van der Waals surface area contributed by atoms with Crippen LogP contribution in [0.5, 0.6) is 5.75 Å². The second-order valence-corrected chi connectivity index (χ2v) is 4.85. The van der Waals surface area contributed by atoms with Gasteiger partial charge in [0.1, 0.15) is 5.75 Å². The van der Waals surface area contributed by atoms with E-state index in [0.717, 1.165) is 12.1 Å². The number of alkyl halides is 3. The van der Waals surface area contributed by atoms with Gasteiger partial charge in [0.25, 0.3) is 0 Å². The zero-order valence-corrected chi connectivity index (χ0v) is 11.7. The monoisotopic (exact) mass is 306 g/mol. The fraction of sp³-hybridized carbons (Fsp3) is 0.118. The van der Waals surface area contributed by atoms with E-state index in [1.807, 2.05) is 0 Å². The minimum absolute atomic E-state index is 0.0915. The highest BCUT2D eigenvalue weighted by Gasteiger charge is 2.30. The lowest BCUT2D eigenvalue weighted by Crippen LogP contribution is -2.04. The first kappa shape index (κ1) is 15.8. The molecule has 114 valence electrons. The van der Waals surface area contributed by atoms with Crippen molar-refractivity contribution in [3.63, 3.8) is 0 Å². The van der Waals surface area contributed by atoms with Crippen LogP contribution in [-0.4, -0.2) is 11.4 Å². The van der Waals surface area contributed by atoms with Crippen molar-refractivity contribution in [3.05, 3.63) is 64.2 Å². The number of aromatic hydroxyl groups is 1. The summed E-state index contributed by atoms with van der Waals surface area (Å²) in [6, 6.07) is 8.06. The highest BCUT2D eigenvalue weighted by atomic mass is 19.4. The molecule has 0 saturated carbocycles. The zero-order valence-electron chi connectivity index (χ0n) is 11.7. The fourth-order valence-corrected chi connectivity index (χ4v) is 2.03. The second-order valence-electron chi connectivity index (χ2n) is 4.85. The molecule has 22 heavy (non-hydrogen) atoms. The molecule has 0 atom stereocenters. The summed E-state index contributed by atoms with van der Waals surface area (Å²) in [4.78, 5) is 10.9. The van der Waals surface area contributed by atoms with Crippen LogP contribution in [0.1, 0.15) is 32.6 Å². The number of benzene rings is 2. The van der Waals surface area contributed by atoms with Crippen molar-refractivity contribution in [1.82, 2.24) is 0 Å². The van der Waals surface area contributed by atoms with E-state index in [1.54, 1.807) is 25.1 Å². The van der Waals surface area contributed by atoms with Crippen LogP contribution in [-0.2, 0) is 6.18 Å². The van der Waals surface area contributed by atoms with Crippen LogP contribution in [0.15, 0.2) is 36.4 Å². The lowest BCUT2D eigenvalue weighted by Gasteiger charge is -2.07. The average molecular weight is 306 g/mol. The summed E-state index contributed by atoms with van der Waals surface area (Å²) < 4.78 is 37.9. The molecule has 0 aliphatic carbocycles. The third-order valence-electron chi connectivity index (χ3n) is 3.16. The summed E-state index contributed by atoms with van der Waals surface area (Å²) in [6.07, 6.45) is -0.738. The van der Waals surface area contributed by atoms with Crippen LogP contribution < -0.4 is 0 Å². The SMILES string of the molecule is Cc1cc(/C=C/c2cccc(C(F)(F)F)c2)cc(C=O)c1O.